The van der Waals surface area contributed by atoms with E-state index in [1.54, 1.807) is 12.1 Å². The number of non-ortho nitro benzene ring substituents is 1. The first kappa shape index (κ1) is 20.0. The molecule has 2 rings (SSSR count). The van der Waals surface area contributed by atoms with Crippen LogP contribution < -0.4 is 4.90 Å². The van der Waals surface area contributed by atoms with Crippen molar-refractivity contribution >= 4 is 22.7 Å². The van der Waals surface area contributed by atoms with Crippen molar-refractivity contribution in [2.75, 3.05) is 31.2 Å². The van der Waals surface area contributed by atoms with Crippen molar-refractivity contribution in [1.29, 1.82) is 5.26 Å². The van der Waals surface area contributed by atoms with Crippen LogP contribution >= 0.6 is 0 Å². The van der Waals surface area contributed by atoms with Crippen LogP contribution in [-0.4, -0.2) is 41.4 Å². The molecule has 0 amide bonds. The number of aliphatic hydroxyl groups is 2. The van der Waals surface area contributed by atoms with E-state index in [0.29, 0.717) is 18.8 Å². The Balaban J connectivity index is 2.27. The predicted molar refractivity (Wildman–Crippen MR) is 99.6 cm³/mol. The van der Waals surface area contributed by atoms with Crippen molar-refractivity contribution in [1.82, 2.24) is 0 Å². The average molecular weight is 369 g/mol. The van der Waals surface area contributed by atoms with Gasteiger partial charge in [-0.3, -0.25) is 10.1 Å². The maximum Gasteiger partial charge on any atom is 0.270 e. The number of nitriles is 1. The van der Waals surface area contributed by atoms with E-state index < -0.39 is 4.92 Å². The fourth-order valence-electron chi connectivity index (χ4n) is 2.48. The Morgan fingerprint density at radius 3 is 2.30 bits per heavy atom. The molecular weight excluding hydrogens is 350 g/mol. The predicted octanol–water partition coefficient (Wildman–Crippen LogP) is 2.98. The summed E-state index contributed by atoms with van der Waals surface area (Å²) in [5.41, 5.74) is 2.36. The van der Waals surface area contributed by atoms with Crippen molar-refractivity contribution < 1.29 is 15.1 Å². The van der Waals surface area contributed by atoms with Gasteiger partial charge in [0.2, 0.25) is 0 Å². The third-order valence-corrected chi connectivity index (χ3v) is 3.86. The van der Waals surface area contributed by atoms with E-state index in [-0.39, 0.29) is 30.2 Å². The molecule has 0 saturated heterocycles. The number of aryl methyl sites for hydroxylation is 1. The van der Waals surface area contributed by atoms with Gasteiger partial charge in [0, 0.05) is 30.9 Å². The van der Waals surface area contributed by atoms with Crippen LogP contribution in [0.4, 0.5) is 22.7 Å². The van der Waals surface area contributed by atoms with Gasteiger partial charge in [0.1, 0.15) is 11.8 Å². The number of nitrogens with zero attached hydrogens (tertiary/aromatic N) is 5. The second kappa shape index (κ2) is 9.38. The minimum absolute atomic E-state index is 0.0302. The number of aliphatic hydroxyl groups excluding tert-OH is 2. The highest BCUT2D eigenvalue weighted by molar-refractivity contribution is 5.60. The van der Waals surface area contributed by atoms with Crippen molar-refractivity contribution in [3.8, 4) is 6.07 Å². The Morgan fingerprint density at radius 2 is 1.74 bits per heavy atom. The molecule has 0 bridgehead atoms. The van der Waals surface area contributed by atoms with Crippen LogP contribution in [0.1, 0.15) is 11.1 Å². The first-order chi connectivity index (χ1) is 13.0. The van der Waals surface area contributed by atoms with Crippen LogP contribution in [0.3, 0.4) is 0 Å². The molecule has 0 aromatic heterocycles. The topological polar surface area (TPSA) is 135 Å². The van der Waals surface area contributed by atoms with E-state index in [1.807, 2.05) is 24.0 Å². The van der Waals surface area contributed by atoms with Crippen molar-refractivity contribution in [2.45, 2.75) is 6.92 Å². The van der Waals surface area contributed by atoms with Crippen LogP contribution in [0.5, 0.6) is 0 Å². The zero-order valence-corrected chi connectivity index (χ0v) is 14.7. The van der Waals surface area contributed by atoms with E-state index in [4.69, 9.17) is 15.5 Å². The molecular formula is C18H19N5O4. The van der Waals surface area contributed by atoms with E-state index in [1.165, 1.54) is 12.1 Å². The molecule has 2 aromatic rings. The van der Waals surface area contributed by atoms with Crippen LogP contribution in [0.15, 0.2) is 46.6 Å². The number of rotatable bonds is 8. The lowest BCUT2D eigenvalue weighted by Gasteiger charge is -2.23. The van der Waals surface area contributed by atoms with Crippen LogP contribution in [0.2, 0.25) is 0 Å². The molecule has 0 aliphatic carbocycles. The standard InChI is InChI=1S/C18H19N5O4/c1-13-10-15(22(6-8-24)7-9-25)2-4-17(13)20-21-18-5-3-16(23(26)27)11-14(18)12-19/h2-5,10-11,24-25H,6-9H2,1H3. The Morgan fingerprint density at radius 1 is 1.11 bits per heavy atom. The lowest BCUT2D eigenvalue weighted by atomic mass is 10.1. The quantitative estimate of drug-likeness (QED) is 0.417. The summed E-state index contributed by atoms with van der Waals surface area (Å²) in [4.78, 5) is 12.1. The molecule has 27 heavy (non-hydrogen) atoms. The Hall–Kier alpha value is -3.35. The smallest absolute Gasteiger partial charge is 0.270 e. The number of azo groups is 1. The monoisotopic (exact) mass is 369 g/mol. The summed E-state index contributed by atoms with van der Waals surface area (Å²) in [6.07, 6.45) is 0. The highest BCUT2D eigenvalue weighted by atomic mass is 16.6. The van der Waals surface area contributed by atoms with Gasteiger partial charge in [-0.15, -0.1) is 5.11 Å². The lowest BCUT2D eigenvalue weighted by molar-refractivity contribution is -0.384. The third-order valence-electron chi connectivity index (χ3n) is 3.86. The molecule has 0 heterocycles. The zero-order chi connectivity index (χ0) is 19.8. The SMILES string of the molecule is Cc1cc(N(CCO)CCO)ccc1N=Nc1ccc([N+](=O)[O-])cc1C#N. The minimum atomic E-state index is -0.574. The molecule has 0 unspecified atom stereocenters. The summed E-state index contributed by atoms with van der Waals surface area (Å²) >= 11 is 0. The summed E-state index contributed by atoms with van der Waals surface area (Å²) in [7, 11) is 0. The zero-order valence-electron chi connectivity index (χ0n) is 14.7. The highest BCUT2D eigenvalue weighted by Crippen LogP contribution is 2.29. The second-order valence-electron chi connectivity index (χ2n) is 5.68. The van der Waals surface area contributed by atoms with Gasteiger partial charge in [-0.2, -0.15) is 10.4 Å². The van der Waals surface area contributed by atoms with Gasteiger partial charge in [-0.25, -0.2) is 0 Å². The molecule has 9 heteroatoms. The molecule has 0 atom stereocenters. The molecule has 0 saturated carbocycles. The number of benzene rings is 2. The summed E-state index contributed by atoms with van der Waals surface area (Å²) < 4.78 is 0. The lowest BCUT2D eigenvalue weighted by Crippen LogP contribution is -2.29. The summed E-state index contributed by atoms with van der Waals surface area (Å²) in [6.45, 7) is 2.58. The molecule has 140 valence electrons. The fraction of sp³-hybridized carbons (Fsp3) is 0.278. The van der Waals surface area contributed by atoms with Gasteiger partial charge >= 0.3 is 0 Å². The van der Waals surface area contributed by atoms with E-state index in [2.05, 4.69) is 10.2 Å². The van der Waals surface area contributed by atoms with Crippen molar-refractivity contribution in [2.24, 2.45) is 10.2 Å². The molecule has 0 radical (unpaired) electrons. The van der Waals surface area contributed by atoms with Gasteiger partial charge in [-0.1, -0.05) is 0 Å². The molecule has 0 fully saturated rings. The number of nitro groups is 1. The van der Waals surface area contributed by atoms with Gasteiger partial charge in [-0.05, 0) is 36.8 Å². The number of hydrogen-bond acceptors (Lipinski definition) is 8. The normalized spacial score (nSPS) is 10.7. The maximum atomic E-state index is 10.8. The number of nitro benzene ring substituents is 1. The Labute approximate surface area is 156 Å². The van der Waals surface area contributed by atoms with Crippen LogP contribution in [0.25, 0.3) is 0 Å². The van der Waals surface area contributed by atoms with Gasteiger partial charge < -0.3 is 15.1 Å². The largest absolute Gasteiger partial charge is 0.395 e. The van der Waals surface area contributed by atoms with Crippen molar-refractivity contribution in [3.05, 3.63) is 57.6 Å². The van der Waals surface area contributed by atoms with Gasteiger partial charge in [0.25, 0.3) is 5.69 Å². The second-order valence-corrected chi connectivity index (χ2v) is 5.68. The summed E-state index contributed by atoms with van der Waals surface area (Å²) in [5.74, 6) is 0. The van der Waals surface area contributed by atoms with E-state index >= 15 is 0 Å². The summed E-state index contributed by atoms with van der Waals surface area (Å²) in [6, 6.07) is 11.1. The molecule has 2 N–H and O–H groups in total. The first-order valence-electron chi connectivity index (χ1n) is 8.17. The first-order valence-corrected chi connectivity index (χ1v) is 8.17. The van der Waals surface area contributed by atoms with E-state index in [9.17, 15) is 10.1 Å². The molecule has 9 nitrogen and oxygen atoms in total. The maximum absolute atomic E-state index is 10.8. The number of hydrogen-bond donors (Lipinski definition) is 2. The summed E-state index contributed by atoms with van der Waals surface area (Å²) in [5, 5.41) is 46.4. The molecule has 0 aliphatic heterocycles. The highest BCUT2D eigenvalue weighted by Gasteiger charge is 2.11. The van der Waals surface area contributed by atoms with Gasteiger partial charge in [0.15, 0.2) is 0 Å². The van der Waals surface area contributed by atoms with E-state index in [0.717, 1.165) is 17.3 Å². The van der Waals surface area contributed by atoms with Crippen molar-refractivity contribution in [3.63, 3.8) is 0 Å². The average Bonchev–Trinajstić information content (AvgIpc) is 2.66. The molecule has 2 aromatic carbocycles. The fourth-order valence-corrected chi connectivity index (χ4v) is 2.48. The van der Waals surface area contributed by atoms with Crippen LogP contribution in [-0.2, 0) is 0 Å². The number of anilines is 1. The molecule has 0 spiro atoms. The Kier molecular flexibility index (Phi) is 6.93. The minimum Gasteiger partial charge on any atom is -0.395 e. The van der Waals surface area contributed by atoms with Gasteiger partial charge in [0.05, 0.1) is 29.4 Å². The Bertz CT molecular complexity index is 886. The third kappa shape index (κ3) is 5.07. The molecule has 0 aliphatic rings. The van der Waals surface area contributed by atoms with Crippen LogP contribution in [0, 0.1) is 28.4 Å².